The van der Waals surface area contributed by atoms with Gasteiger partial charge in [-0.3, -0.25) is 24.0 Å². The fourth-order valence-electron chi connectivity index (χ4n) is 7.09. The molecule has 1 fully saturated rings. The van der Waals surface area contributed by atoms with Gasteiger partial charge in [-0.15, -0.1) is 11.3 Å². The molecule has 1 aliphatic heterocycles. The maximum absolute atomic E-state index is 14.4. The van der Waals surface area contributed by atoms with E-state index < -0.39 is 47.8 Å². The number of rotatable bonds is 19. The molecule has 0 saturated carbocycles. The predicted molar refractivity (Wildman–Crippen MR) is 215 cm³/mol. The molecule has 0 spiro atoms. The summed E-state index contributed by atoms with van der Waals surface area (Å²) in [6.07, 6.45) is 6.28. The van der Waals surface area contributed by atoms with E-state index in [0.29, 0.717) is 51.1 Å². The molecule has 6 rings (SSSR count). The van der Waals surface area contributed by atoms with Gasteiger partial charge in [0.05, 0.1) is 6.26 Å². The highest BCUT2D eigenvalue weighted by atomic mass is 32.1. The summed E-state index contributed by atoms with van der Waals surface area (Å²) < 4.78 is 6.59. The van der Waals surface area contributed by atoms with Gasteiger partial charge >= 0.3 is 0 Å². The van der Waals surface area contributed by atoms with Gasteiger partial charge in [0.2, 0.25) is 29.5 Å². The average Bonchev–Trinajstić information content (AvgIpc) is 3.97. The highest BCUT2D eigenvalue weighted by Crippen LogP contribution is 2.27. The van der Waals surface area contributed by atoms with Crippen LogP contribution in [0.15, 0.2) is 83.6 Å². The molecule has 296 valence electrons. The summed E-state index contributed by atoms with van der Waals surface area (Å²) in [5.41, 5.74) is 12.9. The first-order valence-electron chi connectivity index (χ1n) is 19.1. The topological polar surface area (TPSA) is 226 Å². The Balaban J connectivity index is 1.27. The molecule has 56 heavy (non-hydrogen) atoms. The standard InChI is InChI=1S/C41H50N8O6S/c42-16-6-5-12-32(37(43)50)46-40(53)34(22-28-9-7-19-55-28)49-39(52)33(21-27-24-45-31-11-3-2-10-30(27)31)48-41(54)35(47-38(51)25-14-17-44-18-15-25)23-29-20-26-8-1-4-13-36(26)56-29/h1-4,7-11,13,19-20,24-25,32-35,44-45H,5-6,12,14-18,21-23,42H2,(H2,43,50)(H,46,53)(H,47,51)(H,48,54)(H,49,52)/t32-,33+,34-,35+/m0/s1. The van der Waals surface area contributed by atoms with Crippen molar-refractivity contribution >= 4 is 61.9 Å². The van der Waals surface area contributed by atoms with E-state index in [0.717, 1.165) is 31.4 Å². The second kappa shape index (κ2) is 19.4. The lowest BCUT2D eigenvalue weighted by Gasteiger charge is -2.27. The number of benzene rings is 2. The quantitative estimate of drug-likeness (QED) is 0.0580. The van der Waals surface area contributed by atoms with Crippen LogP contribution >= 0.6 is 11.3 Å². The van der Waals surface area contributed by atoms with E-state index >= 15 is 0 Å². The van der Waals surface area contributed by atoms with Gasteiger partial charge in [0.15, 0.2) is 0 Å². The number of carbonyl (C=O) groups excluding carboxylic acids is 5. The number of unbranched alkanes of at least 4 members (excludes halogenated alkanes) is 1. The summed E-state index contributed by atoms with van der Waals surface area (Å²) in [5.74, 6) is -2.56. The largest absolute Gasteiger partial charge is 0.469 e. The summed E-state index contributed by atoms with van der Waals surface area (Å²) in [4.78, 5) is 72.7. The number of para-hydroxylation sites is 1. The number of aromatic amines is 1. The molecule has 2 aromatic carbocycles. The molecule has 15 heteroatoms. The minimum Gasteiger partial charge on any atom is -0.469 e. The molecule has 4 atom stereocenters. The van der Waals surface area contributed by atoms with Crippen LogP contribution in [0.5, 0.6) is 0 Å². The monoisotopic (exact) mass is 782 g/mol. The van der Waals surface area contributed by atoms with Gasteiger partial charge in [0.1, 0.15) is 29.9 Å². The van der Waals surface area contributed by atoms with Gasteiger partial charge < -0.3 is 47.5 Å². The van der Waals surface area contributed by atoms with Crippen LogP contribution in [0.4, 0.5) is 0 Å². The minimum atomic E-state index is -1.19. The van der Waals surface area contributed by atoms with Crippen LogP contribution in [0.25, 0.3) is 21.0 Å². The van der Waals surface area contributed by atoms with E-state index in [2.05, 4.69) is 31.6 Å². The molecule has 10 N–H and O–H groups in total. The number of carbonyl (C=O) groups is 5. The molecule has 4 heterocycles. The maximum atomic E-state index is 14.4. The van der Waals surface area contributed by atoms with Crippen LogP contribution < -0.4 is 38.1 Å². The summed E-state index contributed by atoms with van der Waals surface area (Å²) in [6, 6.07) is 16.5. The van der Waals surface area contributed by atoms with Crippen molar-refractivity contribution in [1.29, 1.82) is 0 Å². The van der Waals surface area contributed by atoms with Crippen LogP contribution in [-0.4, -0.2) is 78.3 Å². The third-order valence-electron chi connectivity index (χ3n) is 10.2. The molecule has 0 bridgehead atoms. The molecular formula is C41H50N8O6S. The minimum absolute atomic E-state index is 0.0343. The molecular weight excluding hydrogens is 733 g/mol. The number of primary amides is 1. The van der Waals surface area contributed by atoms with Crippen LogP contribution in [-0.2, 0) is 43.2 Å². The third kappa shape index (κ3) is 10.6. The normalized spacial score (nSPS) is 15.4. The Morgan fingerprint density at radius 1 is 0.786 bits per heavy atom. The number of thiophene rings is 1. The fraction of sp³-hybridized carbons (Fsp3) is 0.390. The zero-order valence-electron chi connectivity index (χ0n) is 31.2. The Bertz CT molecular complexity index is 2070. The summed E-state index contributed by atoms with van der Waals surface area (Å²) >= 11 is 1.54. The zero-order chi connectivity index (χ0) is 39.4. The van der Waals surface area contributed by atoms with E-state index in [9.17, 15) is 24.0 Å². The van der Waals surface area contributed by atoms with Gasteiger partial charge in [-0.05, 0) is 93.0 Å². The lowest BCUT2D eigenvalue weighted by molar-refractivity contribution is -0.135. The summed E-state index contributed by atoms with van der Waals surface area (Å²) in [7, 11) is 0. The third-order valence-corrected chi connectivity index (χ3v) is 11.3. The second-order valence-electron chi connectivity index (χ2n) is 14.3. The molecule has 3 aromatic heterocycles. The first kappa shape index (κ1) is 40.2. The number of furan rings is 1. The molecule has 0 radical (unpaired) electrons. The number of nitrogens with two attached hydrogens (primary N) is 2. The van der Waals surface area contributed by atoms with E-state index in [1.54, 1.807) is 29.7 Å². The summed E-state index contributed by atoms with van der Waals surface area (Å²) in [5, 5.41) is 16.7. The smallest absolute Gasteiger partial charge is 0.243 e. The number of amides is 5. The lowest BCUT2D eigenvalue weighted by atomic mass is 9.96. The first-order valence-corrected chi connectivity index (χ1v) is 20.0. The van der Waals surface area contributed by atoms with Crippen molar-refractivity contribution in [2.24, 2.45) is 17.4 Å². The number of fused-ring (bicyclic) bond motifs is 2. The second-order valence-corrected chi connectivity index (χ2v) is 15.4. The Kier molecular flexibility index (Phi) is 13.9. The Morgan fingerprint density at radius 2 is 1.46 bits per heavy atom. The van der Waals surface area contributed by atoms with Crippen molar-refractivity contribution in [3.8, 4) is 0 Å². The maximum Gasteiger partial charge on any atom is 0.243 e. The highest BCUT2D eigenvalue weighted by Gasteiger charge is 2.33. The number of H-pyrrole nitrogens is 1. The van der Waals surface area contributed by atoms with Crippen molar-refractivity contribution in [1.82, 2.24) is 31.6 Å². The van der Waals surface area contributed by atoms with E-state index in [4.69, 9.17) is 15.9 Å². The van der Waals surface area contributed by atoms with Crippen LogP contribution in [0.1, 0.15) is 48.3 Å². The van der Waals surface area contributed by atoms with E-state index in [-0.39, 0.29) is 37.5 Å². The zero-order valence-corrected chi connectivity index (χ0v) is 32.0. The van der Waals surface area contributed by atoms with Gasteiger partial charge in [0.25, 0.3) is 0 Å². The lowest BCUT2D eigenvalue weighted by Crippen LogP contribution is -2.59. The first-order chi connectivity index (χ1) is 27.2. The molecule has 5 aromatic rings. The van der Waals surface area contributed by atoms with Crippen LogP contribution in [0.2, 0.25) is 0 Å². The highest BCUT2D eigenvalue weighted by molar-refractivity contribution is 7.19. The summed E-state index contributed by atoms with van der Waals surface area (Å²) in [6.45, 7) is 1.84. The Labute approximate surface area is 328 Å². The van der Waals surface area contributed by atoms with Crippen molar-refractivity contribution in [3.63, 3.8) is 0 Å². The number of aromatic nitrogens is 1. The predicted octanol–water partition coefficient (Wildman–Crippen LogP) is 2.56. The Hall–Kier alpha value is -5.51. The number of hydrogen-bond donors (Lipinski definition) is 8. The number of hydrogen-bond acceptors (Lipinski definition) is 9. The van der Waals surface area contributed by atoms with E-state index in [1.807, 2.05) is 54.6 Å². The molecule has 0 aliphatic carbocycles. The molecule has 1 saturated heterocycles. The van der Waals surface area contributed by atoms with Gasteiger partial charge in [-0.25, -0.2) is 0 Å². The van der Waals surface area contributed by atoms with Crippen molar-refractivity contribution in [2.45, 2.75) is 75.5 Å². The van der Waals surface area contributed by atoms with Gasteiger partial charge in [-0.2, -0.15) is 0 Å². The molecule has 5 amide bonds. The van der Waals surface area contributed by atoms with Gasteiger partial charge in [0, 0.05) is 51.9 Å². The van der Waals surface area contributed by atoms with Crippen molar-refractivity contribution in [3.05, 3.63) is 95.4 Å². The van der Waals surface area contributed by atoms with Crippen LogP contribution in [0.3, 0.4) is 0 Å². The van der Waals surface area contributed by atoms with Crippen molar-refractivity contribution in [2.75, 3.05) is 19.6 Å². The molecule has 1 aliphatic rings. The number of nitrogens with one attached hydrogen (secondary N) is 6. The van der Waals surface area contributed by atoms with Crippen molar-refractivity contribution < 1.29 is 28.4 Å². The molecule has 14 nitrogen and oxygen atoms in total. The number of piperidine rings is 1. The van der Waals surface area contributed by atoms with E-state index in [1.165, 1.54) is 6.26 Å². The fourth-order valence-corrected chi connectivity index (χ4v) is 8.20. The van der Waals surface area contributed by atoms with Crippen LogP contribution in [0, 0.1) is 5.92 Å². The SMILES string of the molecule is NCCCC[C@H](NC(=O)[C@H](Cc1ccco1)NC(=O)[C@@H](Cc1c[nH]c2ccccc12)NC(=O)[C@@H](Cc1cc2ccccc2s1)NC(=O)C1CCNCC1)C(N)=O. The Morgan fingerprint density at radius 3 is 2.16 bits per heavy atom. The van der Waals surface area contributed by atoms with Gasteiger partial charge in [-0.1, -0.05) is 36.4 Å². The molecule has 0 unspecified atom stereocenters. The average molecular weight is 783 g/mol.